The van der Waals surface area contributed by atoms with E-state index in [-0.39, 0.29) is 0 Å². The molecule has 3 aliphatic rings. The van der Waals surface area contributed by atoms with Crippen molar-refractivity contribution in [2.75, 3.05) is 0 Å². The quantitative estimate of drug-likeness (QED) is 0.138. The average molecular weight is 713 g/mol. The third-order valence-corrected chi connectivity index (χ3v) is 31.7. The summed E-state index contributed by atoms with van der Waals surface area (Å²) < 4.78 is 4.80. The summed E-state index contributed by atoms with van der Waals surface area (Å²) in [6.45, 7) is 4.90. The fourth-order valence-corrected chi connectivity index (χ4v) is 32.1. The Morgan fingerprint density at radius 3 is 1.39 bits per heavy atom. The van der Waals surface area contributed by atoms with Gasteiger partial charge in [0, 0.05) is 0 Å². The Morgan fingerprint density at radius 1 is 0.490 bits per heavy atom. The van der Waals surface area contributed by atoms with Crippen molar-refractivity contribution in [3.63, 3.8) is 0 Å². The van der Waals surface area contributed by atoms with Gasteiger partial charge in [0.1, 0.15) is 0 Å². The average Bonchev–Trinajstić information content (AvgIpc) is 3.83. The molecule has 1 aliphatic heterocycles. The number of hydrogen-bond acceptors (Lipinski definition) is 0. The number of fused-ring (bicyclic) bond motifs is 4. The zero-order chi connectivity index (χ0) is 33.0. The summed E-state index contributed by atoms with van der Waals surface area (Å²) in [6.07, 6.45) is 8.15. The van der Waals surface area contributed by atoms with Crippen molar-refractivity contribution in [2.45, 2.75) is 53.7 Å². The van der Waals surface area contributed by atoms with Crippen LogP contribution in [0.5, 0.6) is 0 Å². The van der Waals surface area contributed by atoms with Gasteiger partial charge in [0.15, 0.2) is 0 Å². The molecule has 0 nitrogen and oxygen atoms in total. The fourth-order valence-electron chi connectivity index (χ4n) is 9.52. The molecule has 236 valence electrons. The number of rotatable bonds is 8. The van der Waals surface area contributed by atoms with E-state index in [2.05, 4.69) is 147 Å². The van der Waals surface area contributed by atoms with Gasteiger partial charge in [-0.1, -0.05) is 0 Å². The molecule has 0 spiro atoms. The summed E-state index contributed by atoms with van der Waals surface area (Å²) in [5.74, 6) is 0. The fraction of sp³-hybridized carbons (Fsp3) is 0.217. The number of benzene rings is 6. The molecule has 3 heteroatoms. The van der Waals surface area contributed by atoms with Crippen molar-refractivity contribution in [3.8, 4) is 22.3 Å². The van der Waals surface area contributed by atoms with Crippen LogP contribution in [0, 0.1) is 0 Å². The Kier molecular flexibility index (Phi) is 8.83. The Bertz CT molecular complexity index is 2120. The first-order valence-electron chi connectivity index (χ1n) is 18.3. The van der Waals surface area contributed by atoms with Crippen molar-refractivity contribution in [1.82, 2.24) is 0 Å². The molecule has 49 heavy (non-hydrogen) atoms. The van der Waals surface area contributed by atoms with Crippen molar-refractivity contribution < 1.29 is 45.8 Å². The Hall–Kier alpha value is -2.72. The zero-order valence-corrected chi connectivity index (χ0v) is 33.4. The van der Waals surface area contributed by atoms with Crippen LogP contribution in [-0.2, 0) is 45.8 Å². The molecule has 2 unspecified atom stereocenters. The topological polar surface area (TPSA) is 0 Å². The maximum absolute atomic E-state index is 2.57. The van der Waals surface area contributed by atoms with Crippen LogP contribution >= 0.6 is 0 Å². The summed E-state index contributed by atoms with van der Waals surface area (Å²) in [6, 6.07) is 49.1. The molecule has 6 aromatic carbocycles. The van der Waals surface area contributed by atoms with Crippen LogP contribution in [0.15, 0.2) is 132 Å². The standard InChI is InChI=1S/2C20H15.C6H12Si.2Sc/c2*1-14-12-16-8-5-11-19(20(16)13-14)18-10-4-7-15-6-2-3-9-17(15)18;1-7(2)5-3-4-6-7;;/h2*2-13H,1H3;1-6H2;;. The third-order valence-electron chi connectivity index (χ3n) is 12.1. The molecule has 9 rings (SSSR count). The first-order valence-corrected chi connectivity index (χ1v) is 25.8. The van der Waals surface area contributed by atoms with Crippen LogP contribution in [0.25, 0.3) is 56.0 Å². The summed E-state index contributed by atoms with van der Waals surface area (Å²) in [5.41, 5.74) is 15.3. The summed E-state index contributed by atoms with van der Waals surface area (Å²) in [7, 11) is -1.21. The van der Waals surface area contributed by atoms with Gasteiger partial charge in [0.25, 0.3) is 0 Å². The number of hydrogen-bond donors (Lipinski definition) is 0. The van der Waals surface area contributed by atoms with Crippen LogP contribution in [0.4, 0.5) is 0 Å². The molecule has 0 aromatic heterocycles. The van der Waals surface area contributed by atoms with E-state index in [1.807, 2.05) is 0 Å². The minimum atomic E-state index is -1.21. The van der Waals surface area contributed by atoms with Gasteiger partial charge in [-0.3, -0.25) is 0 Å². The molecule has 1 heterocycles. The molecule has 6 aromatic rings. The van der Waals surface area contributed by atoms with Gasteiger partial charge in [0.05, 0.1) is 0 Å². The Labute approximate surface area is 315 Å². The van der Waals surface area contributed by atoms with Crippen molar-refractivity contribution in [3.05, 3.63) is 155 Å². The summed E-state index contributed by atoms with van der Waals surface area (Å²) >= 11 is -0.929. The van der Waals surface area contributed by atoms with E-state index in [0.717, 1.165) is 7.35 Å². The SMILES string of the molecule is CC1=Cc2c(-c3cccc4ccccc34)cccc2[CH]1[Sc][CH2][Si]1([CH2][Sc][CH]2C(C)=Cc3c(-c4cccc5ccccc45)cccc32)CCCC1. The molecule has 0 radical (unpaired) electrons. The van der Waals surface area contributed by atoms with Crippen molar-refractivity contribution in [1.29, 1.82) is 0 Å². The normalized spacial score (nSPS) is 18.9. The maximum atomic E-state index is 2.57. The van der Waals surface area contributed by atoms with Gasteiger partial charge in [-0.05, 0) is 0 Å². The molecular formula is C46H42Sc2Si. The van der Waals surface area contributed by atoms with E-state index in [1.165, 1.54) is 67.8 Å². The van der Waals surface area contributed by atoms with E-state index < -0.39 is 53.9 Å². The van der Waals surface area contributed by atoms with Gasteiger partial charge < -0.3 is 0 Å². The van der Waals surface area contributed by atoms with E-state index in [9.17, 15) is 0 Å². The van der Waals surface area contributed by atoms with E-state index >= 15 is 0 Å². The van der Waals surface area contributed by atoms with Crippen molar-refractivity contribution >= 4 is 41.8 Å². The molecule has 0 saturated carbocycles. The van der Waals surface area contributed by atoms with Crippen LogP contribution in [0.1, 0.15) is 56.3 Å². The predicted octanol–water partition coefficient (Wildman–Crippen LogP) is 13.3. The second kappa shape index (κ2) is 13.4. The van der Waals surface area contributed by atoms with E-state index in [0.29, 0.717) is 0 Å². The molecule has 1 fully saturated rings. The van der Waals surface area contributed by atoms with E-state index in [1.54, 1.807) is 42.0 Å². The van der Waals surface area contributed by atoms with Crippen LogP contribution < -0.4 is 0 Å². The summed E-state index contributed by atoms with van der Waals surface area (Å²) in [5, 5.41) is 5.41. The van der Waals surface area contributed by atoms with Gasteiger partial charge in [-0.2, -0.15) is 0 Å². The first-order chi connectivity index (χ1) is 24.1. The first kappa shape index (κ1) is 32.2. The molecule has 2 aliphatic carbocycles. The Morgan fingerprint density at radius 2 is 0.898 bits per heavy atom. The Balaban J connectivity index is 0.960. The van der Waals surface area contributed by atoms with Gasteiger partial charge in [-0.25, -0.2) is 0 Å². The van der Waals surface area contributed by atoms with Gasteiger partial charge in [-0.15, -0.1) is 0 Å². The zero-order valence-electron chi connectivity index (χ0n) is 28.8. The summed E-state index contributed by atoms with van der Waals surface area (Å²) in [4.78, 5) is 0. The minimum absolute atomic E-state index is 0.464. The third kappa shape index (κ3) is 5.86. The second-order valence-electron chi connectivity index (χ2n) is 15.0. The van der Waals surface area contributed by atoms with Gasteiger partial charge in [0.2, 0.25) is 0 Å². The van der Waals surface area contributed by atoms with Gasteiger partial charge >= 0.3 is 318 Å². The monoisotopic (exact) mass is 712 g/mol. The predicted molar refractivity (Wildman–Crippen MR) is 206 cm³/mol. The molecule has 0 bridgehead atoms. The second-order valence-corrected chi connectivity index (χ2v) is 27.2. The van der Waals surface area contributed by atoms with Crippen molar-refractivity contribution in [2.24, 2.45) is 0 Å². The molecular weight excluding hydrogens is 671 g/mol. The van der Waals surface area contributed by atoms with Crippen LogP contribution in [0.3, 0.4) is 0 Å². The number of allylic oxidation sites excluding steroid dienone is 2. The van der Waals surface area contributed by atoms with Crippen LogP contribution in [0.2, 0.25) is 19.7 Å². The molecule has 0 N–H and O–H groups in total. The molecule has 0 amide bonds. The van der Waals surface area contributed by atoms with Crippen LogP contribution in [-0.4, -0.2) is 8.07 Å². The molecule has 1 saturated heterocycles. The molecule has 2 atom stereocenters. The van der Waals surface area contributed by atoms with E-state index in [4.69, 9.17) is 0 Å².